The van der Waals surface area contributed by atoms with Crippen LogP contribution in [0, 0.1) is 5.82 Å². The van der Waals surface area contributed by atoms with Crippen molar-refractivity contribution < 1.29 is 18.6 Å². The molecule has 0 radical (unpaired) electrons. The first kappa shape index (κ1) is 17.9. The molecule has 21 heavy (non-hydrogen) atoms. The molecule has 0 spiro atoms. The predicted octanol–water partition coefficient (Wildman–Crippen LogP) is 2.54. The van der Waals surface area contributed by atoms with Crippen molar-refractivity contribution >= 4 is 0 Å². The number of benzene rings is 1. The van der Waals surface area contributed by atoms with Gasteiger partial charge in [0.1, 0.15) is 6.61 Å². The first-order valence-corrected chi connectivity index (χ1v) is 7.40. The largest absolute Gasteiger partial charge is 0.488 e. The molecule has 2 N–H and O–H groups in total. The van der Waals surface area contributed by atoms with Gasteiger partial charge in [-0.25, -0.2) is 4.39 Å². The van der Waals surface area contributed by atoms with Crippen LogP contribution in [0.25, 0.3) is 0 Å². The Balaban J connectivity index is 2.29. The first-order valence-electron chi connectivity index (χ1n) is 7.40. The Bertz CT molecular complexity index is 401. The van der Waals surface area contributed by atoms with Gasteiger partial charge in [-0.1, -0.05) is 13.0 Å². The van der Waals surface area contributed by atoms with Crippen LogP contribution in [0.4, 0.5) is 4.39 Å². The molecule has 0 amide bonds. The van der Waals surface area contributed by atoms with Crippen LogP contribution < -0.4 is 10.5 Å². The highest BCUT2D eigenvalue weighted by Gasteiger charge is 2.07. The summed E-state index contributed by atoms with van der Waals surface area (Å²) in [7, 11) is 1.66. The molecule has 120 valence electrons. The molecule has 1 atom stereocenters. The third kappa shape index (κ3) is 7.41. The smallest absolute Gasteiger partial charge is 0.165 e. The fourth-order valence-electron chi connectivity index (χ4n) is 1.85. The fourth-order valence-corrected chi connectivity index (χ4v) is 1.85. The van der Waals surface area contributed by atoms with Crippen LogP contribution in [-0.4, -0.2) is 39.6 Å². The third-order valence-corrected chi connectivity index (χ3v) is 3.14. The molecule has 0 aliphatic carbocycles. The van der Waals surface area contributed by atoms with Crippen LogP contribution in [0.15, 0.2) is 18.2 Å². The Morgan fingerprint density at radius 2 is 2.00 bits per heavy atom. The van der Waals surface area contributed by atoms with E-state index in [1.807, 2.05) is 13.0 Å². The van der Waals surface area contributed by atoms with Crippen LogP contribution in [0.1, 0.15) is 25.3 Å². The number of hydrogen-bond donors (Lipinski definition) is 1. The summed E-state index contributed by atoms with van der Waals surface area (Å²) in [6, 6.07) is 5.06. The minimum absolute atomic E-state index is 0.0664. The summed E-state index contributed by atoms with van der Waals surface area (Å²) in [5.74, 6) is -0.0977. The Morgan fingerprint density at radius 1 is 1.19 bits per heavy atom. The summed E-state index contributed by atoms with van der Waals surface area (Å²) in [5.41, 5.74) is 6.76. The minimum Gasteiger partial charge on any atom is -0.488 e. The van der Waals surface area contributed by atoms with E-state index in [0.29, 0.717) is 32.8 Å². The molecule has 0 fully saturated rings. The van der Waals surface area contributed by atoms with E-state index < -0.39 is 0 Å². The molecule has 1 aromatic rings. The van der Waals surface area contributed by atoms with Gasteiger partial charge in [-0.3, -0.25) is 0 Å². The average Bonchev–Trinajstić information content (AvgIpc) is 2.48. The Morgan fingerprint density at radius 3 is 2.67 bits per heavy atom. The number of rotatable bonds is 11. The number of nitrogens with two attached hydrogens (primary N) is 1. The van der Waals surface area contributed by atoms with E-state index in [2.05, 4.69) is 0 Å². The van der Waals surface area contributed by atoms with Gasteiger partial charge in [-0.05, 0) is 37.0 Å². The van der Waals surface area contributed by atoms with Gasteiger partial charge in [0.15, 0.2) is 11.6 Å². The van der Waals surface area contributed by atoms with E-state index in [-0.39, 0.29) is 17.6 Å². The summed E-state index contributed by atoms with van der Waals surface area (Å²) in [6.45, 7) is 4.08. The fraction of sp³-hybridized carbons (Fsp3) is 0.625. The van der Waals surface area contributed by atoms with E-state index in [1.54, 1.807) is 13.2 Å². The summed E-state index contributed by atoms with van der Waals surface area (Å²) in [5, 5.41) is 0. The van der Waals surface area contributed by atoms with Gasteiger partial charge in [0.25, 0.3) is 0 Å². The van der Waals surface area contributed by atoms with Crippen molar-refractivity contribution in [1.82, 2.24) is 0 Å². The van der Waals surface area contributed by atoms with Crippen molar-refractivity contribution in [3.8, 4) is 5.75 Å². The zero-order valence-electron chi connectivity index (χ0n) is 12.9. The van der Waals surface area contributed by atoms with Crippen LogP contribution in [0.2, 0.25) is 0 Å². The number of hydrogen-bond acceptors (Lipinski definition) is 4. The summed E-state index contributed by atoms with van der Waals surface area (Å²) < 4.78 is 29.5. The number of ether oxygens (including phenoxy) is 3. The highest BCUT2D eigenvalue weighted by Crippen LogP contribution is 2.19. The van der Waals surface area contributed by atoms with Crippen LogP contribution in [0.3, 0.4) is 0 Å². The highest BCUT2D eigenvalue weighted by atomic mass is 19.1. The maximum atomic E-state index is 13.9. The van der Waals surface area contributed by atoms with E-state index in [0.717, 1.165) is 18.4 Å². The molecule has 1 unspecified atom stereocenters. The van der Waals surface area contributed by atoms with E-state index >= 15 is 0 Å². The minimum atomic E-state index is -0.352. The second kappa shape index (κ2) is 10.5. The standard InChI is InChI=1S/C16H26FNO3/c1-3-14(18)11-13-5-6-16(15(17)12-13)21-10-9-20-8-4-7-19-2/h5-6,12,14H,3-4,7-11,18H2,1-2H3. The van der Waals surface area contributed by atoms with Gasteiger partial charge in [0, 0.05) is 26.4 Å². The molecule has 1 rings (SSSR count). The molecular formula is C16H26FNO3. The molecule has 0 saturated carbocycles. The topological polar surface area (TPSA) is 53.7 Å². The van der Waals surface area contributed by atoms with E-state index in [1.165, 1.54) is 6.07 Å². The SMILES string of the molecule is CCC(N)Cc1ccc(OCCOCCCOC)c(F)c1. The van der Waals surface area contributed by atoms with Gasteiger partial charge in [0.2, 0.25) is 0 Å². The molecule has 1 aromatic carbocycles. The Kier molecular flexibility index (Phi) is 8.98. The summed E-state index contributed by atoms with van der Waals surface area (Å²) >= 11 is 0. The van der Waals surface area contributed by atoms with Gasteiger partial charge < -0.3 is 19.9 Å². The van der Waals surface area contributed by atoms with Crippen LogP contribution in [0.5, 0.6) is 5.75 Å². The normalized spacial score (nSPS) is 12.4. The molecule has 0 aromatic heterocycles. The van der Waals surface area contributed by atoms with Crippen molar-refractivity contribution in [2.45, 2.75) is 32.2 Å². The molecule has 0 aliphatic rings. The zero-order valence-corrected chi connectivity index (χ0v) is 12.9. The van der Waals surface area contributed by atoms with Crippen molar-refractivity contribution in [3.63, 3.8) is 0 Å². The number of halogens is 1. The van der Waals surface area contributed by atoms with Crippen molar-refractivity contribution in [2.75, 3.05) is 33.5 Å². The first-order chi connectivity index (χ1) is 10.2. The molecular weight excluding hydrogens is 273 g/mol. The van der Waals surface area contributed by atoms with Gasteiger partial charge in [-0.15, -0.1) is 0 Å². The third-order valence-electron chi connectivity index (χ3n) is 3.14. The zero-order chi connectivity index (χ0) is 15.5. The Hall–Kier alpha value is -1.17. The lowest BCUT2D eigenvalue weighted by Crippen LogP contribution is -2.21. The molecule has 0 aliphatic heterocycles. The lowest BCUT2D eigenvalue weighted by atomic mass is 10.0. The monoisotopic (exact) mass is 299 g/mol. The van der Waals surface area contributed by atoms with Gasteiger partial charge >= 0.3 is 0 Å². The van der Waals surface area contributed by atoms with Crippen molar-refractivity contribution in [2.24, 2.45) is 5.73 Å². The second-order valence-corrected chi connectivity index (χ2v) is 4.94. The number of methoxy groups -OCH3 is 1. The van der Waals surface area contributed by atoms with Crippen molar-refractivity contribution in [1.29, 1.82) is 0 Å². The quantitative estimate of drug-likeness (QED) is 0.638. The average molecular weight is 299 g/mol. The lowest BCUT2D eigenvalue weighted by molar-refractivity contribution is 0.0797. The maximum absolute atomic E-state index is 13.9. The molecule has 5 heteroatoms. The highest BCUT2D eigenvalue weighted by molar-refractivity contribution is 5.29. The lowest BCUT2D eigenvalue weighted by Gasteiger charge is -2.11. The van der Waals surface area contributed by atoms with Gasteiger partial charge in [0.05, 0.1) is 6.61 Å². The van der Waals surface area contributed by atoms with E-state index in [9.17, 15) is 4.39 Å². The molecule has 0 bridgehead atoms. The van der Waals surface area contributed by atoms with Gasteiger partial charge in [-0.2, -0.15) is 0 Å². The van der Waals surface area contributed by atoms with Crippen molar-refractivity contribution in [3.05, 3.63) is 29.6 Å². The van der Waals surface area contributed by atoms with E-state index in [4.69, 9.17) is 19.9 Å². The van der Waals surface area contributed by atoms with Crippen LogP contribution in [-0.2, 0) is 15.9 Å². The summed E-state index contributed by atoms with van der Waals surface area (Å²) in [4.78, 5) is 0. The second-order valence-electron chi connectivity index (χ2n) is 4.94. The maximum Gasteiger partial charge on any atom is 0.165 e. The molecule has 0 heterocycles. The summed E-state index contributed by atoms with van der Waals surface area (Å²) in [6.07, 6.45) is 2.40. The molecule has 4 nitrogen and oxygen atoms in total. The van der Waals surface area contributed by atoms with Crippen LogP contribution >= 0.6 is 0 Å². The predicted molar refractivity (Wildman–Crippen MR) is 81.2 cm³/mol. The molecule has 0 saturated heterocycles. The Labute approximate surface area is 126 Å².